The summed E-state index contributed by atoms with van der Waals surface area (Å²) >= 11 is 1.96. The Morgan fingerprint density at radius 1 is 1.19 bits per heavy atom. The highest BCUT2D eigenvalue weighted by atomic mass is 32.1. The average molecular weight is 231 g/mol. The number of aryl methyl sites for hydroxylation is 1. The van der Waals surface area contributed by atoms with Crippen LogP contribution in [0, 0.1) is 6.92 Å². The first kappa shape index (κ1) is 10.2. The van der Waals surface area contributed by atoms with Crippen LogP contribution in [0.25, 0.3) is 0 Å². The van der Waals surface area contributed by atoms with Gasteiger partial charge in [-0.25, -0.2) is 0 Å². The predicted octanol–water partition coefficient (Wildman–Crippen LogP) is 4.00. The van der Waals surface area contributed by atoms with Gasteiger partial charge in [0.25, 0.3) is 0 Å². The van der Waals surface area contributed by atoms with Crippen molar-refractivity contribution in [2.24, 2.45) is 0 Å². The second-order valence-electron chi connectivity index (χ2n) is 5.04. The quantitative estimate of drug-likeness (QED) is 0.651. The summed E-state index contributed by atoms with van der Waals surface area (Å²) in [6.45, 7) is 6.70. The zero-order valence-corrected chi connectivity index (χ0v) is 10.9. The highest BCUT2D eigenvalue weighted by Crippen LogP contribution is 2.33. The molecule has 1 nitrogen and oxygen atoms in total. The van der Waals surface area contributed by atoms with Gasteiger partial charge in [0.1, 0.15) is 0 Å². The molecular weight excluding hydrogens is 214 g/mol. The first-order valence-electron chi connectivity index (χ1n) is 5.92. The number of aromatic nitrogens is 1. The Balaban J connectivity index is 2.01. The van der Waals surface area contributed by atoms with E-state index in [1.165, 1.54) is 27.4 Å². The van der Waals surface area contributed by atoms with Crippen LogP contribution in [0.15, 0.2) is 12.1 Å². The Hall–Kier alpha value is -1.02. The molecule has 0 aliphatic heterocycles. The third-order valence-corrected chi connectivity index (χ3v) is 4.47. The van der Waals surface area contributed by atoms with Crippen molar-refractivity contribution in [2.45, 2.75) is 39.5 Å². The molecule has 0 aromatic carbocycles. The van der Waals surface area contributed by atoms with Gasteiger partial charge < -0.3 is 4.98 Å². The van der Waals surface area contributed by atoms with Crippen LogP contribution in [-0.4, -0.2) is 4.98 Å². The molecule has 1 aliphatic rings. The molecule has 0 saturated heterocycles. The van der Waals surface area contributed by atoms with Gasteiger partial charge in [0.15, 0.2) is 0 Å². The first-order chi connectivity index (χ1) is 7.63. The van der Waals surface area contributed by atoms with Crippen LogP contribution >= 0.6 is 11.3 Å². The van der Waals surface area contributed by atoms with Crippen LogP contribution < -0.4 is 0 Å². The van der Waals surface area contributed by atoms with E-state index in [1.807, 2.05) is 11.3 Å². The van der Waals surface area contributed by atoms with Crippen LogP contribution in [0.2, 0.25) is 0 Å². The van der Waals surface area contributed by atoms with E-state index in [9.17, 15) is 0 Å². The molecule has 0 spiro atoms. The fourth-order valence-corrected chi connectivity index (χ4v) is 3.55. The summed E-state index contributed by atoms with van der Waals surface area (Å²) in [6.07, 6.45) is 2.23. The second-order valence-corrected chi connectivity index (χ2v) is 6.38. The molecule has 16 heavy (non-hydrogen) atoms. The summed E-state index contributed by atoms with van der Waals surface area (Å²) in [7, 11) is 0. The molecule has 2 aromatic heterocycles. The maximum absolute atomic E-state index is 3.59. The molecule has 1 N–H and O–H groups in total. The molecule has 0 bridgehead atoms. The third kappa shape index (κ3) is 1.52. The topological polar surface area (TPSA) is 15.8 Å². The van der Waals surface area contributed by atoms with Crippen molar-refractivity contribution in [1.82, 2.24) is 4.98 Å². The molecule has 2 aromatic rings. The van der Waals surface area contributed by atoms with Gasteiger partial charge in [0, 0.05) is 34.0 Å². The predicted molar refractivity (Wildman–Crippen MR) is 69.5 cm³/mol. The zero-order valence-electron chi connectivity index (χ0n) is 10.1. The molecule has 3 rings (SSSR count). The maximum atomic E-state index is 3.59. The zero-order chi connectivity index (χ0) is 11.3. The van der Waals surface area contributed by atoms with Crippen molar-refractivity contribution in [2.75, 3.05) is 0 Å². The lowest BCUT2D eigenvalue weighted by Gasteiger charge is -2.11. The standard InChI is InChI=1S/C14H17NS/c1-8(2)12-5-10-7-14-11(4-9(3)16-14)6-13(10)15-12/h4-5,8,15H,6-7H2,1-3H3. The summed E-state index contributed by atoms with van der Waals surface area (Å²) in [5, 5.41) is 0. The molecule has 84 valence electrons. The normalized spacial score (nSPS) is 14.0. The molecule has 0 amide bonds. The summed E-state index contributed by atoms with van der Waals surface area (Å²) in [5.41, 5.74) is 5.87. The molecule has 0 saturated carbocycles. The lowest BCUT2D eigenvalue weighted by molar-refractivity contribution is 0.824. The minimum absolute atomic E-state index is 0.602. The number of nitrogens with one attached hydrogen (secondary N) is 1. The second kappa shape index (κ2) is 3.49. The number of thiophene rings is 1. The van der Waals surface area contributed by atoms with Crippen molar-refractivity contribution in [1.29, 1.82) is 0 Å². The van der Waals surface area contributed by atoms with Crippen LogP contribution in [0.5, 0.6) is 0 Å². The highest BCUT2D eigenvalue weighted by Gasteiger charge is 2.20. The van der Waals surface area contributed by atoms with Crippen LogP contribution in [0.1, 0.15) is 52.0 Å². The highest BCUT2D eigenvalue weighted by molar-refractivity contribution is 7.12. The minimum Gasteiger partial charge on any atom is -0.362 e. The minimum atomic E-state index is 0.602. The van der Waals surface area contributed by atoms with Gasteiger partial charge >= 0.3 is 0 Å². The molecule has 2 heterocycles. The van der Waals surface area contributed by atoms with E-state index in [2.05, 4.69) is 37.9 Å². The Labute approximate surface area is 101 Å². The molecule has 0 atom stereocenters. The van der Waals surface area contributed by atoms with Gasteiger partial charge in [-0.2, -0.15) is 0 Å². The van der Waals surface area contributed by atoms with E-state index in [-0.39, 0.29) is 0 Å². The summed E-state index contributed by atoms with van der Waals surface area (Å²) in [6, 6.07) is 4.71. The number of aromatic amines is 1. The van der Waals surface area contributed by atoms with Crippen molar-refractivity contribution >= 4 is 11.3 Å². The van der Waals surface area contributed by atoms with Gasteiger partial charge in [-0.1, -0.05) is 13.8 Å². The number of fused-ring (bicyclic) bond motifs is 2. The molecule has 0 fully saturated rings. The van der Waals surface area contributed by atoms with E-state index >= 15 is 0 Å². The third-order valence-electron chi connectivity index (χ3n) is 3.37. The van der Waals surface area contributed by atoms with E-state index in [1.54, 1.807) is 4.88 Å². The number of H-pyrrole nitrogens is 1. The molecular formula is C14H17NS. The van der Waals surface area contributed by atoms with Gasteiger partial charge in [-0.15, -0.1) is 11.3 Å². The van der Waals surface area contributed by atoms with E-state index in [0.29, 0.717) is 5.92 Å². The fraction of sp³-hybridized carbons (Fsp3) is 0.429. The monoisotopic (exact) mass is 231 g/mol. The van der Waals surface area contributed by atoms with Crippen LogP contribution in [0.3, 0.4) is 0 Å². The van der Waals surface area contributed by atoms with E-state index in [4.69, 9.17) is 0 Å². The number of hydrogen-bond acceptors (Lipinski definition) is 1. The lowest BCUT2D eigenvalue weighted by Crippen LogP contribution is -2.02. The van der Waals surface area contributed by atoms with Crippen molar-refractivity contribution < 1.29 is 0 Å². The van der Waals surface area contributed by atoms with Crippen LogP contribution in [-0.2, 0) is 12.8 Å². The first-order valence-corrected chi connectivity index (χ1v) is 6.74. The fourth-order valence-electron chi connectivity index (χ4n) is 2.47. The van der Waals surface area contributed by atoms with E-state index in [0.717, 1.165) is 12.8 Å². The number of hydrogen-bond donors (Lipinski definition) is 1. The molecule has 0 unspecified atom stereocenters. The van der Waals surface area contributed by atoms with Gasteiger partial charge in [-0.3, -0.25) is 0 Å². The SMILES string of the molecule is Cc1cc2c(s1)Cc1cc(C(C)C)[nH]c1C2. The van der Waals surface area contributed by atoms with Gasteiger partial charge in [0.05, 0.1) is 0 Å². The lowest BCUT2D eigenvalue weighted by atomic mass is 9.97. The van der Waals surface area contributed by atoms with Crippen molar-refractivity contribution in [3.63, 3.8) is 0 Å². The summed E-state index contributed by atoms with van der Waals surface area (Å²) < 4.78 is 0. The molecule has 0 radical (unpaired) electrons. The Morgan fingerprint density at radius 2 is 2.00 bits per heavy atom. The van der Waals surface area contributed by atoms with Crippen molar-refractivity contribution in [3.8, 4) is 0 Å². The Morgan fingerprint density at radius 3 is 2.75 bits per heavy atom. The van der Waals surface area contributed by atoms with Gasteiger partial charge in [-0.05, 0) is 36.1 Å². The Bertz CT molecular complexity index is 490. The maximum Gasteiger partial charge on any atom is 0.0230 e. The number of rotatable bonds is 1. The smallest absolute Gasteiger partial charge is 0.0230 e. The summed E-state index contributed by atoms with van der Waals surface area (Å²) in [4.78, 5) is 6.60. The van der Waals surface area contributed by atoms with Gasteiger partial charge in [0.2, 0.25) is 0 Å². The molecule has 2 heteroatoms. The van der Waals surface area contributed by atoms with Crippen molar-refractivity contribution in [3.05, 3.63) is 44.4 Å². The van der Waals surface area contributed by atoms with Crippen LogP contribution in [0.4, 0.5) is 0 Å². The summed E-state index contributed by atoms with van der Waals surface area (Å²) in [5.74, 6) is 0.602. The van der Waals surface area contributed by atoms with E-state index < -0.39 is 0 Å². The largest absolute Gasteiger partial charge is 0.362 e. The molecule has 1 aliphatic carbocycles. The Kier molecular flexibility index (Phi) is 2.21. The average Bonchev–Trinajstić information content (AvgIpc) is 2.74.